The minimum absolute atomic E-state index is 0.0113. The molecule has 0 aliphatic carbocycles. The summed E-state index contributed by atoms with van der Waals surface area (Å²) in [6.45, 7) is 6.93. The van der Waals surface area contributed by atoms with Gasteiger partial charge in [-0.05, 0) is 43.0 Å². The Labute approximate surface area is 158 Å². The molecule has 0 N–H and O–H groups in total. The third kappa shape index (κ3) is 4.27. The van der Waals surface area contributed by atoms with E-state index in [1.165, 1.54) is 0 Å². The van der Waals surface area contributed by atoms with Gasteiger partial charge in [0.25, 0.3) is 5.91 Å². The Bertz CT molecular complexity index is 759. The number of hydrogen-bond acceptors (Lipinski definition) is 6. The van der Waals surface area contributed by atoms with Gasteiger partial charge >= 0.3 is 0 Å². The minimum atomic E-state index is -0.0113. The second kappa shape index (κ2) is 8.40. The Balaban J connectivity index is 1.64. The van der Waals surface area contributed by atoms with Gasteiger partial charge in [0.1, 0.15) is 11.4 Å². The van der Waals surface area contributed by atoms with Crippen LogP contribution in [-0.2, 0) is 0 Å². The summed E-state index contributed by atoms with van der Waals surface area (Å²) in [7, 11) is 1.67. The van der Waals surface area contributed by atoms with Crippen LogP contribution in [0.3, 0.4) is 0 Å². The van der Waals surface area contributed by atoms with Crippen molar-refractivity contribution < 1.29 is 9.53 Å². The molecule has 1 aliphatic heterocycles. The Morgan fingerprint density at radius 3 is 2.46 bits per heavy atom. The SMILES string of the molecule is CCSc1nc(C)cc(C(=O)N2CCN(c3ccc(OC)cc3)CC2)n1. The third-order valence-electron chi connectivity index (χ3n) is 4.33. The number of nitrogens with zero attached hydrogens (tertiary/aromatic N) is 4. The number of aromatic nitrogens is 2. The average Bonchev–Trinajstić information content (AvgIpc) is 2.67. The van der Waals surface area contributed by atoms with Crippen molar-refractivity contribution in [3.05, 3.63) is 41.7 Å². The Morgan fingerprint density at radius 2 is 1.85 bits per heavy atom. The molecule has 0 spiro atoms. The van der Waals surface area contributed by atoms with Crippen LogP contribution in [0.15, 0.2) is 35.5 Å². The van der Waals surface area contributed by atoms with Crippen LogP contribution in [0.5, 0.6) is 5.75 Å². The summed E-state index contributed by atoms with van der Waals surface area (Å²) in [5.74, 6) is 1.72. The number of thioether (sulfide) groups is 1. The maximum absolute atomic E-state index is 12.8. The quantitative estimate of drug-likeness (QED) is 0.594. The second-order valence-corrected chi connectivity index (χ2v) is 7.32. The number of anilines is 1. The monoisotopic (exact) mass is 372 g/mol. The lowest BCUT2D eigenvalue weighted by Gasteiger charge is -2.36. The van der Waals surface area contributed by atoms with Crippen LogP contribution in [0.4, 0.5) is 5.69 Å². The lowest BCUT2D eigenvalue weighted by Crippen LogP contribution is -2.49. The summed E-state index contributed by atoms with van der Waals surface area (Å²) >= 11 is 1.56. The molecule has 0 bridgehead atoms. The normalized spacial score (nSPS) is 14.4. The highest BCUT2D eigenvalue weighted by atomic mass is 32.2. The van der Waals surface area contributed by atoms with Gasteiger partial charge in [0.15, 0.2) is 5.16 Å². The van der Waals surface area contributed by atoms with Crippen molar-refractivity contribution >= 4 is 23.4 Å². The molecule has 26 heavy (non-hydrogen) atoms. The van der Waals surface area contributed by atoms with Crippen LogP contribution >= 0.6 is 11.8 Å². The molecule has 1 amide bonds. The summed E-state index contributed by atoms with van der Waals surface area (Å²) in [6, 6.07) is 9.81. The molecule has 1 aliphatic rings. The van der Waals surface area contributed by atoms with E-state index in [4.69, 9.17) is 4.74 Å². The fourth-order valence-electron chi connectivity index (χ4n) is 2.97. The van der Waals surface area contributed by atoms with Gasteiger partial charge in [-0.3, -0.25) is 4.79 Å². The minimum Gasteiger partial charge on any atom is -0.497 e. The highest BCUT2D eigenvalue weighted by Crippen LogP contribution is 2.21. The molecule has 0 radical (unpaired) electrons. The van der Waals surface area contributed by atoms with Crippen LogP contribution < -0.4 is 9.64 Å². The predicted molar refractivity (Wildman–Crippen MR) is 104 cm³/mol. The van der Waals surface area contributed by atoms with E-state index in [1.54, 1.807) is 24.9 Å². The van der Waals surface area contributed by atoms with E-state index in [0.717, 1.165) is 36.0 Å². The number of rotatable bonds is 5. The van der Waals surface area contributed by atoms with Gasteiger partial charge in [0.05, 0.1) is 7.11 Å². The number of carbonyl (C=O) groups excluding carboxylic acids is 1. The molecule has 0 unspecified atom stereocenters. The van der Waals surface area contributed by atoms with Gasteiger partial charge in [0, 0.05) is 37.6 Å². The van der Waals surface area contributed by atoms with E-state index >= 15 is 0 Å². The Kier molecular flexibility index (Phi) is 5.98. The molecule has 7 heteroatoms. The Morgan fingerprint density at radius 1 is 1.15 bits per heavy atom. The molecule has 6 nitrogen and oxygen atoms in total. The standard InChI is InChI=1S/C19H24N4O2S/c1-4-26-19-20-14(2)13-17(21-19)18(24)23-11-9-22(10-12-23)15-5-7-16(25-3)8-6-15/h5-8,13H,4,9-12H2,1-3H3. The fourth-order valence-corrected chi connectivity index (χ4v) is 3.60. The zero-order valence-corrected chi connectivity index (χ0v) is 16.3. The number of aryl methyl sites for hydroxylation is 1. The first-order chi connectivity index (χ1) is 12.6. The first-order valence-electron chi connectivity index (χ1n) is 8.77. The zero-order valence-electron chi connectivity index (χ0n) is 15.4. The van der Waals surface area contributed by atoms with E-state index in [1.807, 2.05) is 24.0 Å². The molecule has 1 aromatic heterocycles. The number of benzene rings is 1. The highest BCUT2D eigenvalue weighted by molar-refractivity contribution is 7.99. The third-order valence-corrected chi connectivity index (χ3v) is 5.06. The maximum Gasteiger partial charge on any atom is 0.272 e. The summed E-state index contributed by atoms with van der Waals surface area (Å²) in [6.07, 6.45) is 0. The number of ether oxygens (including phenoxy) is 1. The molecule has 138 valence electrons. The van der Waals surface area contributed by atoms with Crippen molar-refractivity contribution in [3.63, 3.8) is 0 Å². The van der Waals surface area contributed by atoms with Crippen molar-refractivity contribution in [2.75, 3.05) is 43.9 Å². The number of amides is 1. The van der Waals surface area contributed by atoms with Crippen LogP contribution in [-0.4, -0.2) is 59.8 Å². The second-order valence-electron chi connectivity index (χ2n) is 6.09. The molecular weight excluding hydrogens is 348 g/mol. The van der Waals surface area contributed by atoms with Gasteiger partial charge < -0.3 is 14.5 Å². The largest absolute Gasteiger partial charge is 0.497 e. The smallest absolute Gasteiger partial charge is 0.272 e. The van der Waals surface area contributed by atoms with Crippen molar-refractivity contribution in [3.8, 4) is 5.75 Å². The molecule has 1 fully saturated rings. The van der Waals surface area contributed by atoms with Gasteiger partial charge in [-0.15, -0.1) is 0 Å². The van der Waals surface area contributed by atoms with Crippen LogP contribution in [0.25, 0.3) is 0 Å². The number of methoxy groups -OCH3 is 1. The van der Waals surface area contributed by atoms with Gasteiger partial charge in [-0.25, -0.2) is 9.97 Å². The number of piperazine rings is 1. The first-order valence-corrected chi connectivity index (χ1v) is 9.76. The first kappa shape index (κ1) is 18.5. The Hall–Kier alpha value is -2.28. The van der Waals surface area contributed by atoms with E-state index in [0.29, 0.717) is 23.9 Å². The molecule has 2 heterocycles. The molecule has 3 rings (SSSR count). The predicted octanol–water partition coefficient (Wildman–Crippen LogP) is 2.87. The lowest BCUT2D eigenvalue weighted by molar-refractivity contribution is 0.0739. The average molecular weight is 372 g/mol. The van der Waals surface area contributed by atoms with E-state index in [2.05, 4.69) is 33.9 Å². The number of hydrogen-bond donors (Lipinski definition) is 0. The van der Waals surface area contributed by atoms with E-state index in [-0.39, 0.29) is 5.91 Å². The topological polar surface area (TPSA) is 58.6 Å². The fraction of sp³-hybridized carbons (Fsp3) is 0.421. The van der Waals surface area contributed by atoms with Crippen LogP contribution in [0.2, 0.25) is 0 Å². The van der Waals surface area contributed by atoms with Gasteiger partial charge in [0.2, 0.25) is 0 Å². The van der Waals surface area contributed by atoms with E-state index in [9.17, 15) is 4.79 Å². The van der Waals surface area contributed by atoms with Gasteiger partial charge in [-0.2, -0.15) is 0 Å². The van der Waals surface area contributed by atoms with Gasteiger partial charge in [-0.1, -0.05) is 18.7 Å². The summed E-state index contributed by atoms with van der Waals surface area (Å²) in [5, 5.41) is 0.674. The molecular formula is C19H24N4O2S. The highest BCUT2D eigenvalue weighted by Gasteiger charge is 2.24. The zero-order chi connectivity index (χ0) is 18.5. The summed E-state index contributed by atoms with van der Waals surface area (Å²) in [4.78, 5) is 25.8. The summed E-state index contributed by atoms with van der Waals surface area (Å²) < 4.78 is 5.21. The molecule has 1 aromatic carbocycles. The van der Waals surface area contributed by atoms with Crippen molar-refractivity contribution in [2.24, 2.45) is 0 Å². The lowest BCUT2D eigenvalue weighted by atomic mass is 10.2. The maximum atomic E-state index is 12.8. The molecule has 1 saturated heterocycles. The van der Waals surface area contributed by atoms with E-state index < -0.39 is 0 Å². The molecule has 0 saturated carbocycles. The number of carbonyl (C=O) groups is 1. The molecule has 0 atom stereocenters. The van der Waals surface area contributed by atoms with Crippen LogP contribution in [0.1, 0.15) is 23.1 Å². The summed E-state index contributed by atoms with van der Waals surface area (Å²) in [5.41, 5.74) is 2.47. The van der Waals surface area contributed by atoms with Crippen molar-refractivity contribution in [2.45, 2.75) is 19.0 Å². The van der Waals surface area contributed by atoms with Crippen LogP contribution in [0, 0.1) is 6.92 Å². The van der Waals surface area contributed by atoms with Crippen molar-refractivity contribution in [1.82, 2.24) is 14.9 Å². The van der Waals surface area contributed by atoms with Crippen molar-refractivity contribution in [1.29, 1.82) is 0 Å². The molecule has 2 aromatic rings.